The number of alkyl carbamates (subject to hydrolysis) is 1. The van der Waals surface area contributed by atoms with Crippen molar-refractivity contribution in [2.75, 3.05) is 19.6 Å². The third-order valence-electron chi connectivity index (χ3n) is 3.11. The second-order valence-corrected chi connectivity index (χ2v) is 6.61. The molecule has 0 bridgehead atoms. The Morgan fingerprint density at radius 2 is 1.80 bits per heavy atom. The fourth-order valence-electron chi connectivity index (χ4n) is 1.65. The Bertz CT molecular complexity index is 275. The van der Waals surface area contributed by atoms with Crippen molar-refractivity contribution in [3.05, 3.63) is 0 Å². The Balaban J connectivity index is 4.06. The van der Waals surface area contributed by atoms with E-state index >= 15 is 0 Å². The molecule has 20 heavy (non-hydrogen) atoms. The predicted octanol–water partition coefficient (Wildman–Crippen LogP) is 2.14. The Kier molecular flexibility index (Phi) is 8.81. The van der Waals surface area contributed by atoms with Crippen molar-refractivity contribution in [3.63, 3.8) is 0 Å². The summed E-state index contributed by atoms with van der Waals surface area (Å²) in [7, 11) is 0. The molecule has 0 radical (unpaired) electrons. The van der Waals surface area contributed by atoms with Gasteiger partial charge in [-0.2, -0.15) is 0 Å². The number of hydrogen-bond acceptors (Lipinski definition) is 4. The van der Waals surface area contributed by atoms with Gasteiger partial charge in [-0.15, -0.1) is 0 Å². The summed E-state index contributed by atoms with van der Waals surface area (Å²) in [6.45, 7) is 13.7. The number of carbonyl (C=O) groups excluding carboxylic acids is 1. The number of aliphatic hydroxyl groups excluding tert-OH is 1. The highest BCUT2D eigenvalue weighted by molar-refractivity contribution is 5.67. The van der Waals surface area contributed by atoms with E-state index in [1.807, 2.05) is 27.7 Å². The molecule has 0 aliphatic carbocycles. The standard InChI is InChI=1S/C15H32N2O3/c1-7-13(18)10-16-8-12(11(2)3)9-17-14(19)20-15(4,5)6/h11-13,16,18H,7-10H2,1-6H3,(H,17,19). The van der Waals surface area contributed by atoms with Crippen molar-refractivity contribution < 1.29 is 14.6 Å². The van der Waals surface area contributed by atoms with Crippen LogP contribution < -0.4 is 10.6 Å². The molecule has 0 aromatic heterocycles. The van der Waals surface area contributed by atoms with Crippen molar-refractivity contribution in [1.82, 2.24) is 10.6 Å². The summed E-state index contributed by atoms with van der Waals surface area (Å²) in [5, 5.41) is 15.6. The van der Waals surface area contributed by atoms with E-state index in [1.165, 1.54) is 0 Å². The molecule has 5 heteroatoms. The highest BCUT2D eigenvalue weighted by Gasteiger charge is 2.19. The summed E-state index contributed by atoms with van der Waals surface area (Å²) >= 11 is 0. The second-order valence-electron chi connectivity index (χ2n) is 6.61. The molecule has 0 fully saturated rings. The van der Waals surface area contributed by atoms with Crippen molar-refractivity contribution in [3.8, 4) is 0 Å². The molecule has 0 aromatic carbocycles. The zero-order valence-corrected chi connectivity index (χ0v) is 13.8. The quantitative estimate of drug-likeness (QED) is 0.640. The molecule has 0 heterocycles. The van der Waals surface area contributed by atoms with Crippen molar-refractivity contribution >= 4 is 6.09 Å². The molecule has 5 nitrogen and oxygen atoms in total. The van der Waals surface area contributed by atoms with E-state index in [0.29, 0.717) is 24.9 Å². The molecule has 3 N–H and O–H groups in total. The van der Waals surface area contributed by atoms with E-state index < -0.39 is 5.60 Å². The van der Waals surface area contributed by atoms with Crippen LogP contribution in [-0.2, 0) is 4.74 Å². The van der Waals surface area contributed by atoms with Crippen LogP contribution >= 0.6 is 0 Å². The molecule has 0 rings (SSSR count). The van der Waals surface area contributed by atoms with Gasteiger partial charge in [0.1, 0.15) is 5.60 Å². The number of nitrogens with one attached hydrogen (secondary N) is 2. The molecule has 0 saturated carbocycles. The number of aliphatic hydroxyl groups is 1. The van der Waals surface area contributed by atoms with E-state index in [4.69, 9.17) is 4.74 Å². The van der Waals surface area contributed by atoms with Gasteiger partial charge in [-0.3, -0.25) is 0 Å². The minimum Gasteiger partial charge on any atom is -0.444 e. The molecule has 0 aromatic rings. The molecule has 0 aliphatic rings. The fourth-order valence-corrected chi connectivity index (χ4v) is 1.65. The van der Waals surface area contributed by atoms with Crippen LogP contribution in [0.3, 0.4) is 0 Å². The van der Waals surface area contributed by atoms with Gasteiger partial charge in [0, 0.05) is 13.1 Å². The van der Waals surface area contributed by atoms with Crippen LogP contribution in [0.15, 0.2) is 0 Å². The van der Waals surface area contributed by atoms with E-state index in [0.717, 1.165) is 13.0 Å². The third-order valence-corrected chi connectivity index (χ3v) is 3.11. The summed E-state index contributed by atoms with van der Waals surface area (Å²) in [5.41, 5.74) is -0.471. The van der Waals surface area contributed by atoms with Crippen LogP contribution in [0.5, 0.6) is 0 Å². The summed E-state index contributed by atoms with van der Waals surface area (Å²) in [6.07, 6.45) is 0.0635. The normalized spacial score (nSPS) is 15.0. The van der Waals surface area contributed by atoms with Crippen LogP contribution in [0.1, 0.15) is 48.0 Å². The Morgan fingerprint density at radius 1 is 1.20 bits per heavy atom. The van der Waals surface area contributed by atoms with Gasteiger partial charge in [0.15, 0.2) is 0 Å². The minimum absolute atomic E-state index is 0.304. The molecule has 120 valence electrons. The molecule has 1 amide bonds. The zero-order valence-electron chi connectivity index (χ0n) is 13.8. The third kappa shape index (κ3) is 10.0. The van der Waals surface area contributed by atoms with Crippen LogP contribution in [0.25, 0.3) is 0 Å². The molecule has 0 spiro atoms. The first-order chi connectivity index (χ1) is 9.15. The topological polar surface area (TPSA) is 70.6 Å². The predicted molar refractivity (Wildman–Crippen MR) is 81.7 cm³/mol. The lowest BCUT2D eigenvalue weighted by Crippen LogP contribution is -2.40. The van der Waals surface area contributed by atoms with Crippen molar-refractivity contribution in [2.45, 2.75) is 59.7 Å². The summed E-state index contributed by atoms with van der Waals surface area (Å²) in [6, 6.07) is 0. The van der Waals surface area contributed by atoms with Gasteiger partial charge in [-0.25, -0.2) is 4.79 Å². The lowest BCUT2D eigenvalue weighted by Gasteiger charge is -2.24. The number of ether oxygens (including phenoxy) is 1. The van der Waals surface area contributed by atoms with Gasteiger partial charge in [0.05, 0.1) is 6.10 Å². The molecular formula is C15H32N2O3. The van der Waals surface area contributed by atoms with E-state index in [-0.39, 0.29) is 12.2 Å². The van der Waals surface area contributed by atoms with Crippen LogP contribution in [0, 0.1) is 11.8 Å². The summed E-state index contributed by atoms with van der Waals surface area (Å²) < 4.78 is 5.22. The zero-order chi connectivity index (χ0) is 15.8. The lowest BCUT2D eigenvalue weighted by atomic mass is 9.95. The maximum atomic E-state index is 11.6. The summed E-state index contributed by atoms with van der Waals surface area (Å²) in [5.74, 6) is 0.753. The molecule has 2 atom stereocenters. The highest BCUT2D eigenvalue weighted by Crippen LogP contribution is 2.10. The van der Waals surface area contributed by atoms with Crippen LogP contribution in [0.2, 0.25) is 0 Å². The van der Waals surface area contributed by atoms with Gasteiger partial charge in [-0.05, 0) is 45.6 Å². The number of rotatable bonds is 8. The van der Waals surface area contributed by atoms with Gasteiger partial charge < -0.3 is 20.5 Å². The first-order valence-electron chi connectivity index (χ1n) is 7.51. The number of hydrogen-bond donors (Lipinski definition) is 3. The van der Waals surface area contributed by atoms with Crippen LogP contribution in [-0.4, -0.2) is 42.5 Å². The van der Waals surface area contributed by atoms with Crippen molar-refractivity contribution in [2.24, 2.45) is 11.8 Å². The average molecular weight is 288 g/mol. The van der Waals surface area contributed by atoms with Gasteiger partial charge in [0.25, 0.3) is 0 Å². The largest absolute Gasteiger partial charge is 0.444 e. The second kappa shape index (κ2) is 9.19. The first-order valence-corrected chi connectivity index (χ1v) is 7.51. The molecular weight excluding hydrogens is 256 g/mol. The lowest BCUT2D eigenvalue weighted by molar-refractivity contribution is 0.0514. The van der Waals surface area contributed by atoms with Crippen molar-refractivity contribution in [1.29, 1.82) is 0 Å². The first kappa shape index (κ1) is 19.2. The monoisotopic (exact) mass is 288 g/mol. The maximum absolute atomic E-state index is 11.6. The van der Waals surface area contributed by atoms with Gasteiger partial charge >= 0.3 is 6.09 Å². The smallest absolute Gasteiger partial charge is 0.407 e. The highest BCUT2D eigenvalue weighted by atomic mass is 16.6. The number of carbonyl (C=O) groups is 1. The fraction of sp³-hybridized carbons (Fsp3) is 0.933. The van der Waals surface area contributed by atoms with Crippen LogP contribution in [0.4, 0.5) is 4.79 Å². The Morgan fingerprint density at radius 3 is 2.25 bits per heavy atom. The molecule has 0 aliphatic heterocycles. The Labute approximate surface area is 123 Å². The maximum Gasteiger partial charge on any atom is 0.407 e. The van der Waals surface area contributed by atoms with Gasteiger partial charge in [0.2, 0.25) is 0 Å². The minimum atomic E-state index is -0.471. The average Bonchev–Trinajstić information content (AvgIpc) is 2.30. The van der Waals surface area contributed by atoms with Gasteiger partial charge in [-0.1, -0.05) is 20.8 Å². The Hall–Kier alpha value is -0.810. The summed E-state index contributed by atoms with van der Waals surface area (Å²) in [4.78, 5) is 11.6. The van der Waals surface area contributed by atoms with E-state index in [9.17, 15) is 9.90 Å². The molecule has 2 unspecified atom stereocenters. The van der Waals surface area contributed by atoms with E-state index in [2.05, 4.69) is 24.5 Å². The van der Waals surface area contributed by atoms with E-state index in [1.54, 1.807) is 0 Å². The number of amides is 1. The SMILES string of the molecule is CCC(O)CNCC(CNC(=O)OC(C)(C)C)C(C)C. The molecule has 0 saturated heterocycles.